The highest BCUT2D eigenvalue weighted by Crippen LogP contribution is 2.28. The lowest BCUT2D eigenvalue weighted by atomic mass is 9.91. The van der Waals surface area contributed by atoms with Gasteiger partial charge in [0.25, 0.3) is 0 Å². The van der Waals surface area contributed by atoms with Gasteiger partial charge in [0.15, 0.2) is 0 Å². The van der Waals surface area contributed by atoms with Crippen molar-refractivity contribution in [3.05, 3.63) is 52.3 Å². The van der Waals surface area contributed by atoms with Gasteiger partial charge in [0.1, 0.15) is 0 Å². The van der Waals surface area contributed by atoms with E-state index in [1.54, 1.807) is 42.5 Å². The van der Waals surface area contributed by atoms with Gasteiger partial charge in [-0.1, -0.05) is 11.6 Å². The summed E-state index contributed by atoms with van der Waals surface area (Å²) in [5.41, 5.74) is 1.73. The Labute approximate surface area is 177 Å². The Morgan fingerprint density at radius 2 is 2.00 bits per heavy atom. The van der Waals surface area contributed by atoms with Crippen LogP contribution >= 0.6 is 11.6 Å². The number of amides is 1. The number of pyridine rings is 1. The number of hydrogen-bond donors (Lipinski definition) is 3. The molecule has 1 fully saturated rings. The molecule has 3 aromatic rings. The number of carbonyl (C=O) groups excluding carboxylic acids is 1. The monoisotopic (exact) mass is 427 g/mol. The van der Waals surface area contributed by atoms with Gasteiger partial charge < -0.3 is 15.6 Å². The third-order valence-corrected chi connectivity index (χ3v) is 5.37. The van der Waals surface area contributed by atoms with Gasteiger partial charge in [0.2, 0.25) is 17.4 Å². The van der Waals surface area contributed by atoms with Crippen LogP contribution < -0.4 is 16.2 Å². The normalized spacial score (nSPS) is 18.7. The zero-order valence-corrected chi connectivity index (χ0v) is 17.2. The van der Waals surface area contributed by atoms with E-state index in [0.717, 1.165) is 31.2 Å². The maximum atomic E-state index is 11.5. The summed E-state index contributed by atoms with van der Waals surface area (Å²) in [5, 5.41) is 11.1. The lowest BCUT2D eigenvalue weighted by Gasteiger charge is -2.29. The van der Waals surface area contributed by atoms with Crippen LogP contribution in [0.25, 0.3) is 16.9 Å². The maximum absolute atomic E-state index is 11.5. The minimum absolute atomic E-state index is 0.0118. The minimum Gasteiger partial charge on any atom is -0.354 e. The van der Waals surface area contributed by atoms with Crippen molar-refractivity contribution in [2.24, 2.45) is 0 Å². The highest BCUT2D eigenvalue weighted by atomic mass is 35.5. The van der Waals surface area contributed by atoms with Gasteiger partial charge >= 0.3 is 0 Å². The second kappa shape index (κ2) is 8.66. The standard InChI is InChI=1S/C20H22ClN7O2/c1-12(29)25-14-2-4-15(5-3-14)26-20-23-10-17(21)19(27-20)13-9-24-28(11-13)16-6-7-22-18(30)8-16/h6-11,14-15H,2-5H2,1H3,(H,22,30)(H,25,29)(H,23,26,27). The molecule has 1 saturated carbocycles. The summed E-state index contributed by atoms with van der Waals surface area (Å²) in [7, 11) is 0. The van der Waals surface area contributed by atoms with Gasteiger partial charge in [-0.05, 0) is 31.7 Å². The van der Waals surface area contributed by atoms with Gasteiger partial charge in [-0.15, -0.1) is 0 Å². The molecule has 156 valence electrons. The second-order valence-corrected chi connectivity index (χ2v) is 7.78. The lowest BCUT2D eigenvalue weighted by molar-refractivity contribution is -0.119. The molecule has 3 aromatic heterocycles. The van der Waals surface area contributed by atoms with Gasteiger partial charge in [0.05, 0.1) is 28.8 Å². The van der Waals surface area contributed by atoms with Crippen molar-refractivity contribution in [2.45, 2.75) is 44.7 Å². The third-order valence-electron chi connectivity index (χ3n) is 5.09. The number of hydrogen-bond acceptors (Lipinski definition) is 6. The number of H-pyrrole nitrogens is 1. The molecule has 0 radical (unpaired) electrons. The quantitative estimate of drug-likeness (QED) is 0.576. The number of carbonyl (C=O) groups is 1. The predicted octanol–water partition coefficient (Wildman–Crippen LogP) is 2.53. The van der Waals surface area contributed by atoms with Crippen molar-refractivity contribution in [1.82, 2.24) is 30.0 Å². The molecule has 30 heavy (non-hydrogen) atoms. The summed E-state index contributed by atoms with van der Waals surface area (Å²) in [6.07, 6.45) is 10.2. The van der Waals surface area contributed by atoms with E-state index in [4.69, 9.17) is 11.6 Å². The zero-order chi connectivity index (χ0) is 21.1. The molecular formula is C20H22ClN7O2. The molecule has 0 atom stereocenters. The molecule has 10 heteroatoms. The molecule has 0 aromatic carbocycles. The van der Waals surface area contributed by atoms with Crippen LogP contribution in [-0.4, -0.2) is 42.7 Å². The largest absolute Gasteiger partial charge is 0.354 e. The Morgan fingerprint density at radius 3 is 2.73 bits per heavy atom. The first-order chi connectivity index (χ1) is 14.5. The Balaban J connectivity index is 1.48. The predicted molar refractivity (Wildman–Crippen MR) is 114 cm³/mol. The van der Waals surface area contributed by atoms with E-state index in [1.165, 1.54) is 6.07 Å². The average molecular weight is 428 g/mol. The number of nitrogens with one attached hydrogen (secondary N) is 3. The van der Waals surface area contributed by atoms with Gasteiger partial charge in [-0.2, -0.15) is 5.10 Å². The zero-order valence-electron chi connectivity index (χ0n) is 16.4. The summed E-state index contributed by atoms with van der Waals surface area (Å²) in [6, 6.07) is 3.69. The van der Waals surface area contributed by atoms with Crippen molar-refractivity contribution in [3.8, 4) is 16.9 Å². The minimum atomic E-state index is -0.204. The fourth-order valence-corrected chi connectivity index (χ4v) is 3.85. The molecule has 1 aliphatic rings. The highest BCUT2D eigenvalue weighted by molar-refractivity contribution is 6.32. The topological polar surface area (TPSA) is 118 Å². The van der Waals surface area contributed by atoms with Crippen LogP contribution in [0.4, 0.5) is 5.95 Å². The molecule has 0 spiro atoms. The molecule has 1 amide bonds. The second-order valence-electron chi connectivity index (χ2n) is 7.37. The molecule has 9 nitrogen and oxygen atoms in total. The fraction of sp³-hybridized carbons (Fsp3) is 0.350. The van der Waals surface area contributed by atoms with Crippen molar-refractivity contribution >= 4 is 23.5 Å². The third kappa shape index (κ3) is 4.68. The van der Waals surface area contributed by atoms with Crippen LogP contribution in [0.3, 0.4) is 0 Å². The first kappa shape index (κ1) is 20.1. The van der Waals surface area contributed by atoms with E-state index in [0.29, 0.717) is 22.4 Å². The van der Waals surface area contributed by atoms with Crippen molar-refractivity contribution in [2.75, 3.05) is 5.32 Å². The molecule has 3 N–H and O–H groups in total. The summed E-state index contributed by atoms with van der Waals surface area (Å²) in [6.45, 7) is 1.55. The van der Waals surface area contributed by atoms with Crippen LogP contribution in [-0.2, 0) is 4.79 Å². The summed E-state index contributed by atoms with van der Waals surface area (Å²) < 4.78 is 1.60. The van der Waals surface area contributed by atoms with Crippen LogP contribution in [0.1, 0.15) is 32.6 Å². The van der Waals surface area contributed by atoms with Gasteiger partial charge in [-0.3, -0.25) is 9.59 Å². The Hall–Kier alpha value is -3.20. The van der Waals surface area contributed by atoms with Gasteiger partial charge in [-0.25, -0.2) is 14.6 Å². The number of rotatable bonds is 5. The number of aromatic nitrogens is 5. The maximum Gasteiger partial charge on any atom is 0.250 e. The number of halogens is 1. The van der Waals surface area contributed by atoms with Crippen molar-refractivity contribution in [1.29, 1.82) is 0 Å². The SMILES string of the molecule is CC(=O)NC1CCC(Nc2ncc(Cl)c(-c3cnn(-c4cc[nH]c(=O)c4)c3)n2)CC1. The Kier molecular flexibility index (Phi) is 5.80. The van der Waals surface area contributed by atoms with Crippen LogP contribution in [0.2, 0.25) is 5.02 Å². The lowest BCUT2D eigenvalue weighted by Crippen LogP contribution is -2.39. The molecule has 0 aliphatic heterocycles. The van der Waals surface area contributed by atoms with E-state index in [2.05, 4.69) is 30.7 Å². The highest BCUT2D eigenvalue weighted by Gasteiger charge is 2.22. The summed E-state index contributed by atoms with van der Waals surface area (Å²) in [5.74, 6) is 0.513. The first-order valence-electron chi connectivity index (χ1n) is 9.78. The summed E-state index contributed by atoms with van der Waals surface area (Å²) >= 11 is 6.34. The number of nitrogens with zero attached hydrogens (tertiary/aromatic N) is 4. The van der Waals surface area contributed by atoms with Gasteiger partial charge in [0, 0.05) is 43.0 Å². The Bertz CT molecular complexity index is 1100. The van der Waals surface area contributed by atoms with Crippen LogP contribution in [0.15, 0.2) is 41.7 Å². The van der Waals surface area contributed by atoms with Crippen LogP contribution in [0.5, 0.6) is 0 Å². The van der Waals surface area contributed by atoms with E-state index < -0.39 is 0 Å². The Morgan fingerprint density at radius 1 is 1.23 bits per heavy atom. The molecule has 0 unspecified atom stereocenters. The molecule has 4 rings (SSSR count). The number of anilines is 1. The molecule has 0 saturated heterocycles. The van der Waals surface area contributed by atoms with E-state index in [-0.39, 0.29) is 23.6 Å². The number of aromatic amines is 1. The van der Waals surface area contributed by atoms with E-state index in [9.17, 15) is 9.59 Å². The average Bonchev–Trinajstić information content (AvgIpc) is 3.21. The van der Waals surface area contributed by atoms with E-state index >= 15 is 0 Å². The molecule has 3 heterocycles. The fourth-order valence-electron chi connectivity index (χ4n) is 3.65. The molecule has 1 aliphatic carbocycles. The van der Waals surface area contributed by atoms with E-state index in [1.807, 2.05) is 0 Å². The smallest absolute Gasteiger partial charge is 0.250 e. The van der Waals surface area contributed by atoms with Crippen molar-refractivity contribution in [3.63, 3.8) is 0 Å². The van der Waals surface area contributed by atoms with Crippen molar-refractivity contribution < 1.29 is 4.79 Å². The van der Waals surface area contributed by atoms with Crippen LogP contribution in [0, 0.1) is 0 Å². The molecular weight excluding hydrogens is 406 g/mol. The molecule has 0 bridgehead atoms. The first-order valence-corrected chi connectivity index (χ1v) is 10.2. The summed E-state index contributed by atoms with van der Waals surface area (Å²) in [4.78, 5) is 34.2.